The highest BCUT2D eigenvalue weighted by Gasteiger charge is 2.27. The summed E-state index contributed by atoms with van der Waals surface area (Å²) in [4.78, 5) is 36.7. The number of hydrogen-bond donors (Lipinski definition) is 0. The van der Waals surface area contributed by atoms with E-state index in [1.165, 1.54) is 29.7 Å². The maximum absolute atomic E-state index is 12.0. The van der Waals surface area contributed by atoms with Crippen molar-refractivity contribution < 1.29 is 23.9 Å². The van der Waals surface area contributed by atoms with Gasteiger partial charge in [-0.15, -0.1) is 0 Å². The highest BCUT2D eigenvalue weighted by atomic mass is 35.5. The smallest absolute Gasteiger partial charge is 0.333 e. The van der Waals surface area contributed by atoms with E-state index in [0.29, 0.717) is 21.4 Å². The summed E-state index contributed by atoms with van der Waals surface area (Å²) in [6, 6.07) is 4.80. The van der Waals surface area contributed by atoms with Crippen LogP contribution in [0.1, 0.15) is 24.2 Å². The first-order chi connectivity index (χ1) is 11.9. The highest BCUT2D eigenvalue weighted by Crippen LogP contribution is 2.29. The van der Waals surface area contributed by atoms with Crippen LogP contribution in [0.4, 0.5) is 0 Å². The van der Waals surface area contributed by atoms with Crippen molar-refractivity contribution in [3.05, 3.63) is 39.9 Å². The minimum atomic E-state index is -0.484. The second kappa shape index (κ2) is 8.92. The molecule has 1 aliphatic heterocycles. The van der Waals surface area contributed by atoms with Crippen molar-refractivity contribution in [2.45, 2.75) is 13.8 Å². The second-order valence-electron chi connectivity index (χ2n) is 5.11. The van der Waals surface area contributed by atoms with Crippen LogP contribution in [0.2, 0.25) is 5.02 Å². The van der Waals surface area contributed by atoms with Gasteiger partial charge in [0, 0.05) is 5.02 Å². The van der Waals surface area contributed by atoms with Crippen LogP contribution in [0, 0.1) is 0 Å². The number of ether oxygens (including phenoxy) is 2. The van der Waals surface area contributed by atoms with Gasteiger partial charge < -0.3 is 14.4 Å². The summed E-state index contributed by atoms with van der Waals surface area (Å²) in [5, 5.41) is 0.985. The van der Waals surface area contributed by atoms with E-state index in [2.05, 4.69) is 0 Å². The quantitative estimate of drug-likeness (QED) is 0.409. The van der Waals surface area contributed by atoms with Crippen LogP contribution >= 0.6 is 23.4 Å². The molecule has 0 spiro atoms. The molecule has 0 bridgehead atoms. The zero-order valence-corrected chi connectivity index (χ0v) is 15.5. The number of nitrogens with zero attached hydrogens (tertiary/aromatic N) is 1. The van der Waals surface area contributed by atoms with Gasteiger partial charge in [0.05, 0.1) is 35.6 Å². The molecule has 0 atom stereocenters. The maximum Gasteiger partial charge on any atom is 0.333 e. The SMILES string of the molecule is CCOC(=O)/C=C1\SCC(=O)N1CCOc1ccc(Cl)cc1C(C)=O. The first-order valence-electron chi connectivity index (χ1n) is 7.67. The van der Waals surface area contributed by atoms with E-state index < -0.39 is 5.97 Å². The first kappa shape index (κ1) is 19.3. The van der Waals surface area contributed by atoms with Crippen molar-refractivity contribution in [1.29, 1.82) is 0 Å². The molecule has 1 amide bonds. The van der Waals surface area contributed by atoms with Crippen LogP contribution in [-0.2, 0) is 14.3 Å². The van der Waals surface area contributed by atoms with Gasteiger partial charge in [-0.05, 0) is 32.0 Å². The second-order valence-corrected chi connectivity index (χ2v) is 6.55. The number of carbonyl (C=O) groups is 3. The first-order valence-corrected chi connectivity index (χ1v) is 9.03. The van der Waals surface area contributed by atoms with Gasteiger partial charge in [0.15, 0.2) is 5.78 Å². The minimum Gasteiger partial charge on any atom is -0.491 e. The lowest BCUT2D eigenvalue weighted by Crippen LogP contribution is -2.29. The molecule has 0 aromatic heterocycles. The molecule has 1 fully saturated rings. The molecule has 1 saturated heterocycles. The van der Waals surface area contributed by atoms with Crippen LogP contribution in [-0.4, -0.2) is 48.1 Å². The van der Waals surface area contributed by atoms with Crippen molar-refractivity contribution in [1.82, 2.24) is 4.90 Å². The molecule has 8 heteroatoms. The summed E-state index contributed by atoms with van der Waals surface area (Å²) in [5.74, 6) is -0.0696. The Bertz CT molecular complexity index is 719. The van der Waals surface area contributed by atoms with E-state index >= 15 is 0 Å². The molecule has 6 nitrogen and oxygen atoms in total. The van der Waals surface area contributed by atoms with E-state index in [-0.39, 0.29) is 37.2 Å². The summed E-state index contributed by atoms with van der Waals surface area (Å²) in [6.45, 7) is 3.85. The Morgan fingerprint density at radius 1 is 1.40 bits per heavy atom. The van der Waals surface area contributed by atoms with Gasteiger partial charge in [-0.1, -0.05) is 23.4 Å². The van der Waals surface area contributed by atoms with E-state index in [0.717, 1.165) is 0 Å². The number of halogens is 1. The maximum atomic E-state index is 12.0. The Morgan fingerprint density at radius 2 is 2.16 bits per heavy atom. The number of rotatable bonds is 7. The third-order valence-corrected chi connectivity index (χ3v) is 4.59. The molecule has 0 aliphatic carbocycles. The van der Waals surface area contributed by atoms with Crippen LogP contribution in [0.25, 0.3) is 0 Å². The molecule has 1 aromatic rings. The molecule has 25 heavy (non-hydrogen) atoms. The molecule has 0 N–H and O–H groups in total. The zero-order chi connectivity index (χ0) is 18.4. The fourth-order valence-corrected chi connectivity index (χ4v) is 3.33. The molecule has 0 radical (unpaired) electrons. The molecule has 1 aliphatic rings. The Labute approximate surface area is 155 Å². The summed E-state index contributed by atoms with van der Waals surface area (Å²) >= 11 is 7.17. The summed E-state index contributed by atoms with van der Waals surface area (Å²) in [7, 11) is 0. The van der Waals surface area contributed by atoms with Gasteiger partial charge in [-0.2, -0.15) is 0 Å². The topological polar surface area (TPSA) is 72.9 Å². The molecule has 1 aromatic carbocycles. The lowest BCUT2D eigenvalue weighted by Gasteiger charge is -2.18. The number of Topliss-reactive ketones (excluding diaryl/α,β-unsaturated/α-hetero) is 1. The van der Waals surface area contributed by atoms with Gasteiger partial charge >= 0.3 is 5.97 Å². The zero-order valence-electron chi connectivity index (χ0n) is 13.9. The fourth-order valence-electron chi connectivity index (χ4n) is 2.20. The van der Waals surface area contributed by atoms with Crippen molar-refractivity contribution in [3.8, 4) is 5.75 Å². The van der Waals surface area contributed by atoms with E-state index in [1.807, 2.05) is 0 Å². The van der Waals surface area contributed by atoms with Crippen LogP contribution in [0.3, 0.4) is 0 Å². The fraction of sp³-hybridized carbons (Fsp3) is 0.353. The summed E-state index contributed by atoms with van der Waals surface area (Å²) in [5.41, 5.74) is 0.386. The highest BCUT2D eigenvalue weighted by molar-refractivity contribution is 8.04. The van der Waals surface area contributed by atoms with Crippen molar-refractivity contribution in [2.75, 3.05) is 25.5 Å². The monoisotopic (exact) mass is 383 g/mol. The molecule has 0 unspecified atom stereocenters. The lowest BCUT2D eigenvalue weighted by molar-refractivity contribution is -0.137. The standard InChI is InChI=1S/C17H18ClNO5S/c1-3-23-17(22)9-16-19(15(21)10-25-16)6-7-24-14-5-4-12(18)8-13(14)11(2)20/h4-5,8-9H,3,6-7,10H2,1-2H3/b16-9-. The molecule has 2 rings (SSSR count). The lowest BCUT2D eigenvalue weighted by atomic mass is 10.1. The number of benzene rings is 1. The van der Waals surface area contributed by atoms with Gasteiger partial charge in [0.2, 0.25) is 5.91 Å². The summed E-state index contributed by atoms with van der Waals surface area (Å²) < 4.78 is 10.5. The predicted molar refractivity (Wildman–Crippen MR) is 95.8 cm³/mol. The van der Waals surface area contributed by atoms with Gasteiger partial charge in [0.1, 0.15) is 12.4 Å². The number of amides is 1. The van der Waals surface area contributed by atoms with Crippen LogP contribution in [0.15, 0.2) is 29.3 Å². The normalized spacial score (nSPS) is 15.6. The van der Waals surface area contributed by atoms with Crippen LogP contribution in [0.5, 0.6) is 5.75 Å². The molecule has 0 saturated carbocycles. The van der Waals surface area contributed by atoms with E-state index in [4.69, 9.17) is 21.1 Å². The Kier molecular flexibility index (Phi) is 6.90. The molecule has 134 valence electrons. The van der Waals surface area contributed by atoms with Gasteiger partial charge in [0.25, 0.3) is 0 Å². The Hall–Kier alpha value is -1.99. The van der Waals surface area contributed by atoms with E-state index in [1.54, 1.807) is 25.1 Å². The third kappa shape index (κ3) is 5.24. The number of hydrogen-bond acceptors (Lipinski definition) is 6. The molecular weight excluding hydrogens is 366 g/mol. The van der Waals surface area contributed by atoms with Gasteiger partial charge in [-0.25, -0.2) is 4.79 Å². The predicted octanol–water partition coefficient (Wildman–Crippen LogP) is 2.90. The number of esters is 1. The van der Waals surface area contributed by atoms with Gasteiger partial charge in [-0.3, -0.25) is 9.59 Å². The van der Waals surface area contributed by atoms with Crippen molar-refractivity contribution in [3.63, 3.8) is 0 Å². The number of ketones is 1. The molecule has 1 heterocycles. The Balaban J connectivity index is 2.01. The average molecular weight is 384 g/mol. The van der Waals surface area contributed by atoms with Crippen LogP contribution < -0.4 is 4.74 Å². The van der Waals surface area contributed by atoms with E-state index in [9.17, 15) is 14.4 Å². The largest absolute Gasteiger partial charge is 0.491 e. The average Bonchev–Trinajstić information content (AvgIpc) is 2.89. The Morgan fingerprint density at radius 3 is 2.84 bits per heavy atom. The number of carbonyl (C=O) groups excluding carboxylic acids is 3. The number of thioether (sulfide) groups is 1. The summed E-state index contributed by atoms with van der Waals surface area (Å²) in [6.07, 6.45) is 1.31. The third-order valence-electron chi connectivity index (χ3n) is 3.33. The van der Waals surface area contributed by atoms with Crippen molar-refractivity contribution >= 4 is 41.0 Å². The minimum absolute atomic E-state index is 0.105. The van der Waals surface area contributed by atoms with Crippen molar-refractivity contribution in [2.24, 2.45) is 0 Å². The molecular formula is C17H18ClNO5S.